The number of benzene rings is 1. The molecule has 0 spiro atoms. The normalized spacial score (nSPS) is 15.9. The molecule has 1 aromatic rings. The van der Waals surface area contributed by atoms with Crippen LogP contribution in [0.2, 0.25) is 0 Å². The van der Waals surface area contributed by atoms with Crippen LogP contribution in [0.15, 0.2) is 30.5 Å². The number of phenolic OH excluding ortho intramolecular Hbond substituents is 1. The molecule has 0 radical (unpaired) electrons. The lowest BCUT2D eigenvalue weighted by Crippen LogP contribution is -2.22. The van der Waals surface area contributed by atoms with E-state index in [1.807, 2.05) is 0 Å². The number of methoxy groups -OCH3 is 1. The molecule has 1 aromatic carbocycles. The molecule has 2 rings (SSSR count). The van der Waals surface area contributed by atoms with E-state index in [2.05, 4.69) is 17.2 Å². The Kier molecular flexibility index (Phi) is 3.74. The summed E-state index contributed by atoms with van der Waals surface area (Å²) in [5, 5.41) is 14.5. The third kappa shape index (κ3) is 2.64. The van der Waals surface area contributed by atoms with E-state index < -0.39 is 11.9 Å². The van der Waals surface area contributed by atoms with Crippen LogP contribution in [0.1, 0.15) is 11.1 Å². The summed E-state index contributed by atoms with van der Waals surface area (Å²) in [5.74, 6) is -0.164. The van der Waals surface area contributed by atoms with Crippen molar-refractivity contribution in [3.8, 4) is 11.5 Å². The van der Waals surface area contributed by atoms with E-state index in [9.17, 15) is 14.7 Å². The zero-order valence-electron chi connectivity index (χ0n) is 10.9. The maximum absolute atomic E-state index is 11.5. The number of phenols is 1. The first-order chi connectivity index (χ1) is 9.55. The van der Waals surface area contributed by atoms with Gasteiger partial charge in [-0.15, -0.1) is 6.58 Å². The topological polar surface area (TPSA) is 87.7 Å². The smallest absolute Gasteiger partial charge is 0.326 e. The number of nitrogens with one attached hydrogen (secondary N) is 2. The zero-order chi connectivity index (χ0) is 14.7. The van der Waals surface area contributed by atoms with E-state index in [0.717, 1.165) is 0 Å². The van der Waals surface area contributed by atoms with Gasteiger partial charge in [0.2, 0.25) is 0 Å². The van der Waals surface area contributed by atoms with Crippen molar-refractivity contribution in [2.75, 3.05) is 7.11 Å². The lowest BCUT2D eigenvalue weighted by molar-refractivity contribution is -0.115. The summed E-state index contributed by atoms with van der Waals surface area (Å²) in [6.07, 6.45) is 3.61. The van der Waals surface area contributed by atoms with Crippen molar-refractivity contribution in [3.63, 3.8) is 0 Å². The fraction of sp³-hybridized carbons (Fsp3) is 0.143. The average Bonchev–Trinajstić information content (AvgIpc) is 2.71. The minimum absolute atomic E-state index is 0.0365. The van der Waals surface area contributed by atoms with Crippen molar-refractivity contribution >= 4 is 18.0 Å². The van der Waals surface area contributed by atoms with Crippen LogP contribution in [0.25, 0.3) is 6.08 Å². The number of aromatic hydroxyl groups is 1. The van der Waals surface area contributed by atoms with Crippen LogP contribution in [0, 0.1) is 0 Å². The van der Waals surface area contributed by atoms with Gasteiger partial charge in [-0.1, -0.05) is 6.08 Å². The summed E-state index contributed by atoms with van der Waals surface area (Å²) in [7, 11) is 1.44. The monoisotopic (exact) mass is 274 g/mol. The van der Waals surface area contributed by atoms with Gasteiger partial charge in [0.25, 0.3) is 5.91 Å². The Labute approximate surface area is 115 Å². The van der Waals surface area contributed by atoms with Crippen LogP contribution in [0.4, 0.5) is 4.79 Å². The molecule has 0 unspecified atom stereocenters. The highest BCUT2D eigenvalue weighted by molar-refractivity contribution is 6.14. The van der Waals surface area contributed by atoms with Gasteiger partial charge in [0, 0.05) is 5.56 Å². The van der Waals surface area contributed by atoms with Crippen LogP contribution >= 0.6 is 0 Å². The van der Waals surface area contributed by atoms with Gasteiger partial charge < -0.3 is 15.2 Å². The number of imide groups is 1. The first-order valence-electron chi connectivity index (χ1n) is 5.90. The molecule has 0 atom stereocenters. The van der Waals surface area contributed by atoms with Crippen molar-refractivity contribution in [2.45, 2.75) is 6.42 Å². The molecular weight excluding hydrogens is 260 g/mol. The second kappa shape index (κ2) is 5.48. The quantitative estimate of drug-likeness (QED) is 0.439. The standard InChI is InChI=1S/C14H14N2O4/c1-3-4-9-5-8(7-11(20-2)12(9)17)6-10-13(18)16-14(19)15-10/h3,5-7,17H,1,4H2,2H3,(H2,15,16,18,19)/b10-6-. The molecule has 104 valence electrons. The van der Waals surface area contributed by atoms with Gasteiger partial charge >= 0.3 is 6.03 Å². The molecule has 0 aliphatic carbocycles. The molecule has 1 saturated heterocycles. The van der Waals surface area contributed by atoms with Crippen LogP contribution < -0.4 is 15.4 Å². The van der Waals surface area contributed by atoms with Crippen molar-refractivity contribution < 1.29 is 19.4 Å². The Morgan fingerprint density at radius 2 is 2.10 bits per heavy atom. The molecule has 1 aliphatic heterocycles. The minimum Gasteiger partial charge on any atom is -0.504 e. The van der Waals surface area contributed by atoms with Crippen LogP contribution in [0.3, 0.4) is 0 Å². The summed E-state index contributed by atoms with van der Waals surface area (Å²) in [5.41, 5.74) is 1.40. The largest absolute Gasteiger partial charge is 0.504 e. The van der Waals surface area contributed by atoms with Gasteiger partial charge in [0.1, 0.15) is 5.70 Å². The second-order valence-electron chi connectivity index (χ2n) is 4.19. The number of urea groups is 1. The van der Waals surface area contributed by atoms with Crippen molar-refractivity contribution in [1.29, 1.82) is 0 Å². The van der Waals surface area contributed by atoms with Crippen molar-refractivity contribution in [1.82, 2.24) is 10.6 Å². The zero-order valence-corrected chi connectivity index (χ0v) is 10.9. The number of rotatable bonds is 4. The van der Waals surface area contributed by atoms with E-state index in [1.54, 1.807) is 18.2 Å². The van der Waals surface area contributed by atoms with Crippen molar-refractivity contribution in [3.05, 3.63) is 41.6 Å². The molecule has 0 bridgehead atoms. The summed E-state index contributed by atoms with van der Waals surface area (Å²) in [6, 6.07) is 2.72. The first kappa shape index (κ1) is 13.7. The van der Waals surface area contributed by atoms with Gasteiger partial charge in [-0.2, -0.15) is 0 Å². The SMILES string of the molecule is C=CCc1cc(/C=C2\NC(=O)NC2=O)cc(OC)c1O. The predicted octanol–water partition coefficient (Wildman–Crippen LogP) is 1.31. The molecule has 6 heteroatoms. The Bertz CT molecular complexity index is 620. The fourth-order valence-electron chi connectivity index (χ4n) is 1.89. The number of amides is 3. The molecule has 3 N–H and O–H groups in total. The number of ether oxygens (including phenoxy) is 1. The number of allylic oxidation sites excluding steroid dienone is 1. The highest BCUT2D eigenvalue weighted by atomic mass is 16.5. The van der Waals surface area contributed by atoms with Gasteiger partial charge in [-0.3, -0.25) is 10.1 Å². The van der Waals surface area contributed by atoms with Gasteiger partial charge in [-0.25, -0.2) is 4.79 Å². The Balaban J connectivity index is 2.44. The molecule has 1 fully saturated rings. The molecule has 6 nitrogen and oxygen atoms in total. The molecule has 1 aliphatic rings. The van der Waals surface area contributed by atoms with Crippen molar-refractivity contribution in [2.24, 2.45) is 0 Å². The van der Waals surface area contributed by atoms with Crippen LogP contribution in [0.5, 0.6) is 11.5 Å². The molecule has 0 saturated carbocycles. The van der Waals surface area contributed by atoms with Crippen LogP contribution in [-0.4, -0.2) is 24.2 Å². The highest BCUT2D eigenvalue weighted by Gasteiger charge is 2.23. The average molecular weight is 274 g/mol. The lowest BCUT2D eigenvalue weighted by Gasteiger charge is -2.09. The summed E-state index contributed by atoms with van der Waals surface area (Å²) in [6.45, 7) is 3.62. The fourth-order valence-corrected chi connectivity index (χ4v) is 1.89. The molecule has 3 amide bonds. The first-order valence-corrected chi connectivity index (χ1v) is 5.90. The van der Waals surface area contributed by atoms with E-state index in [4.69, 9.17) is 4.74 Å². The molecule has 20 heavy (non-hydrogen) atoms. The van der Waals surface area contributed by atoms with E-state index in [0.29, 0.717) is 23.3 Å². The van der Waals surface area contributed by atoms with Gasteiger partial charge in [0.15, 0.2) is 11.5 Å². The Morgan fingerprint density at radius 3 is 2.65 bits per heavy atom. The highest BCUT2D eigenvalue weighted by Crippen LogP contribution is 2.32. The predicted molar refractivity (Wildman–Crippen MR) is 73.2 cm³/mol. The number of carbonyl (C=O) groups is 2. The van der Waals surface area contributed by atoms with Gasteiger partial charge in [0.05, 0.1) is 7.11 Å². The minimum atomic E-state index is -0.557. The summed E-state index contributed by atoms with van der Waals surface area (Å²) < 4.78 is 5.08. The molecule has 1 heterocycles. The number of carbonyl (C=O) groups excluding carboxylic acids is 2. The molecule has 0 aromatic heterocycles. The molecular formula is C14H14N2O4. The lowest BCUT2D eigenvalue weighted by atomic mass is 10.0. The Morgan fingerprint density at radius 1 is 1.35 bits per heavy atom. The van der Waals surface area contributed by atoms with E-state index in [-0.39, 0.29) is 11.4 Å². The second-order valence-corrected chi connectivity index (χ2v) is 4.19. The van der Waals surface area contributed by atoms with Crippen LogP contribution in [-0.2, 0) is 11.2 Å². The maximum atomic E-state index is 11.5. The number of hydrogen-bond donors (Lipinski definition) is 3. The Hall–Kier alpha value is -2.76. The van der Waals surface area contributed by atoms with Gasteiger partial charge in [-0.05, 0) is 30.2 Å². The number of hydrogen-bond acceptors (Lipinski definition) is 4. The van der Waals surface area contributed by atoms with E-state index in [1.165, 1.54) is 13.2 Å². The maximum Gasteiger partial charge on any atom is 0.326 e. The summed E-state index contributed by atoms with van der Waals surface area (Å²) in [4.78, 5) is 22.5. The van der Waals surface area contributed by atoms with E-state index >= 15 is 0 Å². The summed E-state index contributed by atoms with van der Waals surface area (Å²) >= 11 is 0. The third-order valence-electron chi connectivity index (χ3n) is 2.79. The third-order valence-corrected chi connectivity index (χ3v) is 2.79.